The van der Waals surface area contributed by atoms with Crippen LogP contribution in [0.3, 0.4) is 0 Å². The molecule has 22 heavy (non-hydrogen) atoms. The maximum Gasteiger partial charge on any atom is 0.310 e. The highest BCUT2D eigenvalue weighted by Gasteiger charge is 2.46. The third kappa shape index (κ3) is 3.12. The van der Waals surface area contributed by atoms with E-state index in [1.54, 1.807) is 0 Å². The molecule has 2 fully saturated rings. The van der Waals surface area contributed by atoms with Gasteiger partial charge in [-0.15, -0.1) is 0 Å². The van der Waals surface area contributed by atoms with Crippen molar-refractivity contribution >= 4 is 23.5 Å². The van der Waals surface area contributed by atoms with Crippen molar-refractivity contribution in [2.45, 2.75) is 44.6 Å². The summed E-state index contributed by atoms with van der Waals surface area (Å²) in [6, 6.07) is 7.48. The molecular weight excluding hydrogens is 302 g/mol. The summed E-state index contributed by atoms with van der Waals surface area (Å²) in [4.78, 5) is 23.7. The first kappa shape index (κ1) is 15.3. The van der Waals surface area contributed by atoms with Gasteiger partial charge in [0.05, 0.1) is 11.5 Å². The van der Waals surface area contributed by atoms with Crippen molar-refractivity contribution in [3.05, 3.63) is 34.9 Å². The van der Waals surface area contributed by atoms with Crippen LogP contribution in [0.2, 0.25) is 5.02 Å². The van der Waals surface area contributed by atoms with Crippen molar-refractivity contribution < 1.29 is 14.7 Å². The molecule has 1 unspecified atom stereocenters. The lowest BCUT2D eigenvalue weighted by Crippen LogP contribution is -2.43. The number of carboxylic acids is 1. The van der Waals surface area contributed by atoms with Gasteiger partial charge in [0.25, 0.3) is 0 Å². The lowest BCUT2D eigenvalue weighted by Gasteiger charge is -2.37. The number of halogens is 1. The molecule has 2 aliphatic rings. The van der Waals surface area contributed by atoms with Gasteiger partial charge in [0.2, 0.25) is 5.91 Å². The molecule has 0 bridgehead atoms. The minimum atomic E-state index is -0.844. The summed E-state index contributed by atoms with van der Waals surface area (Å²) in [5.41, 5.74) is 0.205. The second-order valence-electron chi connectivity index (χ2n) is 6.55. The molecule has 3 rings (SSSR count). The largest absolute Gasteiger partial charge is 0.481 e. The predicted octanol–water partition coefficient (Wildman–Crippen LogP) is 3.55. The number of nitrogens with one attached hydrogen (secondary N) is 1. The van der Waals surface area contributed by atoms with Crippen molar-refractivity contribution in [1.29, 1.82) is 0 Å². The Kier molecular flexibility index (Phi) is 4.13. The van der Waals surface area contributed by atoms with E-state index in [2.05, 4.69) is 5.32 Å². The fourth-order valence-corrected chi connectivity index (χ4v) is 3.30. The molecule has 0 saturated heterocycles. The Labute approximate surface area is 134 Å². The quantitative estimate of drug-likeness (QED) is 0.842. The van der Waals surface area contributed by atoms with Crippen LogP contribution < -0.4 is 5.32 Å². The average Bonchev–Trinajstić information content (AvgIpc) is 3.25. The summed E-state index contributed by atoms with van der Waals surface area (Å²) in [5, 5.41) is 13.1. The van der Waals surface area contributed by atoms with Crippen LogP contribution >= 0.6 is 11.6 Å². The molecule has 0 aromatic heterocycles. The molecule has 1 atom stereocenters. The van der Waals surface area contributed by atoms with Crippen LogP contribution in [0.4, 0.5) is 0 Å². The smallest absolute Gasteiger partial charge is 0.310 e. The minimum Gasteiger partial charge on any atom is -0.481 e. The van der Waals surface area contributed by atoms with E-state index in [1.807, 2.05) is 24.3 Å². The Balaban J connectivity index is 1.67. The van der Waals surface area contributed by atoms with Crippen molar-refractivity contribution in [2.75, 3.05) is 0 Å². The number of carboxylic acid groups (broad SMARTS) is 1. The van der Waals surface area contributed by atoms with Gasteiger partial charge >= 0.3 is 5.97 Å². The van der Waals surface area contributed by atoms with Crippen LogP contribution in [0.15, 0.2) is 24.3 Å². The van der Waals surface area contributed by atoms with E-state index in [9.17, 15) is 14.7 Å². The summed E-state index contributed by atoms with van der Waals surface area (Å²) in [5.74, 6) is -0.551. The molecule has 4 nitrogen and oxygen atoms in total. The fourth-order valence-electron chi connectivity index (χ4n) is 3.17. The van der Waals surface area contributed by atoms with E-state index in [0.717, 1.165) is 24.8 Å². The normalized spacial score (nSPS) is 20.8. The molecule has 2 N–H and O–H groups in total. The van der Waals surface area contributed by atoms with Crippen molar-refractivity contribution in [1.82, 2.24) is 5.32 Å². The predicted molar refractivity (Wildman–Crippen MR) is 83.6 cm³/mol. The van der Waals surface area contributed by atoms with Gasteiger partial charge in [0.15, 0.2) is 0 Å². The van der Waals surface area contributed by atoms with Gasteiger partial charge in [0, 0.05) is 11.4 Å². The van der Waals surface area contributed by atoms with Gasteiger partial charge in [-0.3, -0.25) is 9.59 Å². The Hall–Kier alpha value is -1.55. The average molecular weight is 322 g/mol. The topological polar surface area (TPSA) is 66.4 Å². The third-order valence-electron chi connectivity index (χ3n) is 4.90. The third-order valence-corrected chi connectivity index (χ3v) is 5.15. The van der Waals surface area contributed by atoms with Crippen LogP contribution in [-0.2, 0) is 9.59 Å². The van der Waals surface area contributed by atoms with Gasteiger partial charge in [-0.25, -0.2) is 0 Å². The van der Waals surface area contributed by atoms with Gasteiger partial charge < -0.3 is 10.4 Å². The van der Waals surface area contributed by atoms with Crippen molar-refractivity contribution in [3.8, 4) is 0 Å². The molecular formula is C17H20ClNO3. The zero-order chi connectivity index (χ0) is 15.7. The van der Waals surface area contributed by atoms with Gasteiger partial charge in [-0.05, 0) is 49.3 Å². The summed E-state index contributed by atoms with van der Waals surface area (Å²) in [6.45, 7) is 0. The number of benzene rings is 1. The zero-order valence-corrected chi connectivity index (χ0v) is 13.1. The van der Waals surface area contributed by atoms with Crippen LogP contribution in [0.25, 0.3) is 0 Å². The first-order valence-electron chi connectivity index (χ1n) is 7.78. The number of rotatable bonds is 6. The second kappa shape index (κ2) is 5.92. The molecule has 118 valence electrons. The summed E-state index contributed by atoms with van der Waals surface area (Å²) in [7, 11) is 0. The first-order chi connectivity index (χ1) is 10.5. The molecule has 1 aromatic rings. The Morgan fingerprint density at radius 2 is 1.91 bits per heavy atom. The number of amides is 1. The molecule has 2 aliphatic carbocycles. The van der Waals surface area contributed by atoms with Crippen LogP contribution in [0.5, 0.6) is 0 Å². The summed E-state index contributed by atoms with van der Waals surface area (Å²) >= 11 is 5.91. The van der Waals surface area contributed by atoms with Crippen LogP contribution in [0.1, 0.15) is 50.1 Å². The molecule has 1 amide bonds. The molecule has 2 saturated carbocycles. The molecule has 0 aliphatic heterocycles. The number of hydrogen-bond acceptors (Lipinski definition) is 2. The van der Waals surface area contributed by atoms with E-state index in [4.69, 9.17) is 11.6 Å². The number of carbonyl (C=O) groups is 2. The molecule has 0 radical (unpaired) electrons. The first-order valence-corrected chi connectivity index (χ1v) is 8.16. The van der Waals surface area contributed by atoms with Gasteiger partial charge in [-0.2, -0.15) is 0 Å². The summed E-state index contributed by atoms with van der Waals surface area (Å²) in [6.07, 6.45) is 4.37. The highest BCUT2D eigenvalue weighted by molar-refractivity contribution is 6.30. The molecule has 0 heterocycles. The lowest BCUT2D eigenvalue weighted by atomic mass is 9.66. The Bertz CT molecular complexity index is 576. The van der Waals surface area contributed by atoms with Crippen LogP contribution in [0, 0.1) is 11.3 Å². The number of carbonyl (C=O) groups excluding carboxylic acids is 1. The van der Waals surface area contributed by atoms with E-state index in [0.29, 0.717) is 23.8 Å². The number of hydrogen-bond donors (Lipinski definition) is 2. The second-order valence-corrected chi connectivity index (χ2v) is 6.99. The standard InChI is InChI=1S/C17H20ClNO3/c18-13-6-4-12(5-7-13)15(11-2-3-11)19-14(20)10-17(16(21)22)8-1-9-17/h4-7,11,15H,1-3,8-10H2,(H,19,20)(H,21,22). The Morgan fingerprint density at radius 1 is 1.27 bits per heavy atom. The van der Waals surface area contributed by atoms with Gasteiger partial charge in [0.1, 0.15) is 0 Å². The fraction of sp³-hybridized carbons (Fsp3) is 0.529. The maximum absolute atomic E-state index is 12.3. The van der Waals surface area contributed by atoms with E-state index >= 15 is 0 Å². The van der Waals surface area contributed by atoms with E-state index in [1.165, 1.54) is 0 Å². The SMILES string of the molecule is O=C(CC1(C(=O)O)CCC1)NC(c1ccc(Cl)cc1)C1CC1. The highest BCUT2D eigenvalue weighted by atomic mass is 35.5. The summed E-state index contributed by atoms with van der Waals surface area (Å²) < 4.78 is 0. The number of aliphatic carboxylic acids is 1. The molecule has 5 heteroatoms. The Morgan fingerprint density at radius 3 is 2.36 bits per heavy atom. The molecule has 1 aromatic carbocycles. The van der Waals surface area contributed by atoms with E-state index < -0.39 is 11.4 Å². The maximum atomic E-state index is 12.3. The lowest BCUT2D eigenvalue weighted by molar-refractivity contribution is -0.157. The zero-order valence-electron chi connectivity index (χ0n) is 12.3. The van der Waals surface area contributed by atoms with Crippen molar-refractivity contribution in [2.24, 2.45) is 11.3 Å². The monoisotopic (exact) mass is 321 g/mol. The van der Waals surface area contributed by atoms with Crippen LogP contribution in [-0.4, -0.2) is 17.0 Å². The minimum absolute atomic E-state index is 0.0318. The highest BCUT2D eigenvalue weighted by Crippen LogP contribution is 2.45. The molecule has 0 spiro atoms. The van der Waals surface area contributed by atoms with Crippen molar-refractivity contribution in [3.63, 3.8) is 0 Å². The van der Waals surface area contributed by atoms with Gasteiger partial charge in [-0.1, -0.05) is 30.2 Å². The van der Waals surface area contributed by atoms with E-state index in [-0.39, 0.29) is 18.4 Å².